The maximum Gasteiger partial charge on any atom is 0.333 e. The number of hydrogen-bond donors (Lipinski definition) is 1. The smallest absolute Gasteiger partial charge is 0.333 e. The number of hydroxylamine groups is 2. The first-order valence-corrected chi connectivity index (χ1v) is 8.91. The normalized spacial score (nSPS) is 16.5. The van der Waals surface area contributed by atoms with Gasteiger partial charge < -0.3 is 20.2 Å². The molecule has 1 fully saturated rings. The van der Waals surface area contributed by atoms with Gasteiger partial charge in [0, 0.05) is 13.1 Å². The Hall–Kier alpha value is -2.45. The Morgan fingerprint density at radius 2 is 1.67 bits per heavy atom. The van der Waals surface area contributed by atoms with Crippen molar-refractivity contribution in [2.24, 2.45) is 11.1 Å². The van der Waals surface area contributed by atoms with E-state index < -0.39 is 23.3 Å². The highest BCUT2D eigenvalue weighted by atomic mass is 16.7. The fourth-order valence-corrected chi connectivity index (χ4v) is 2.37. The second-order valence-corrected chi connectivity index (χ2v) is 7.45. The number of nitrogens with two attached hydrogens (primary N) is 1. The summed E-state index contributed by atoms with van der Waals surface area (Å²) >= 11 is 0. The molecular weight excluding hydrogens is 350 g/mol. The van der Waals surface area contributed by atoms with Gasteiger partial charge in [0.2, 0.25) is 0 Å². The van der Waals surface area contributed by atoms with Crippen LogP contribution in [0.3, 0.4) is 0 Å². The largest absolute Gasteiger partial charge is 0.459 e. The predicted molar refractivity (Wildman–Crippen MR) is 97.9 cm³/mol. The number of amides is 1. The zero-order valence-corrected chi connectivity index (χ0v) is 16.0. The van der Waals surface area contributed by atoms with Crippen LogP contribution in [0, 0.1) is 5.41 Å². The Labute approximate surface area is 159 Å². The number of carbonyl (C=O) groups is 3. The summed E-state index contributed by atoms with van der Waals surface area (Å²) in [7, 11) is 0. The molecule has 1 aromatic rings. The molecule has 148 valence electrons. The number of esters is 1. The highest BCUT2D eigenvalue weighted by molar-refractivity contribution is 6.01. The molecule has 1 aliphatic rings. The quantitative estimate of drug-likeness (QED) is 0.595. The lowest BCUT2D eigenvalue weighted by molar-refractivity contribution is -0.207. The van der Waals surface area contributed by atoms with E-state index in [1.54, 1.807) is 20.8 Å². The summed E-state index contributed by atoms with van der Waals surface area (Å²) in [6.07, 6.45) is 0. The monoisotopic (exact) mass is 377 g/mol. The Morgan fingerprint density at radius 1 is 1.07 bits per heavy atom. The van der Waals surface area contributed by atoms with Gasteiger partial charge >= 0.3 is 11.9 Å². The molecule has 1 unspecified atom stereocenters. The summed E-state index contributed by atoms with van der Waals surface area (Å²) in [5.74, 6) is -1.58. The second-order valence-electron chi connectivity index (χ2n) is 7.45. The highest BCUT2D eigenvalue weighted by Crippen LogP contribution is 2.17. The van der Waals surface area contributed by atoms with Crippen molar-refractivity contribution in [2.45, 2.75) is 33.4 Å². The van der Waals surface area contributed by atoms with Crippen molar-refractivity contribution >= 4 is 17.8 Å². The van der Waals surface area contributed by atoms with Gasteiger partial charge in [0.05, 0.1) is 18.5 Å². The number of carbonyl (C=O) groups excluding carboxylic acids is 3. The minimum absolute atomic E-state index is 0.0667. The fourth-order valence-electron chi connectivity index (χ4n) is 2.37. The van der Waals surface area contributed by atoms with Crippen LogP contribution in [0.15, 0.2) is 30.3 Å². The van der Waals surface area contributed by atoms with E-state index in [2.05, 4.69) is 0 Å². The van der Waals surface area contributed by atoms with E-state index in [1.165, 1.54) is 9.96 Å². The average Bonchev–Trinajstić information content (AvgIpc) is 2.65. The molecule has 2 rings (SSSR count). The summed E-state index contributed by atoms with van der Waals surface area (Å²) in [5.41, 5.74) is 5.98. The van der Waals surface area contributed by atoms with Crippen molar-refractivity contribution in [3.63, 3.8) is 0 Å². The van der Waals surface area contributed by atoms with Gasteiger partial charge in [-0.25, -0.2) is 9.59 Å². The van der Waals surface area contributed by atoms with Crippen LogP contribution in [0.5, 0.6) is 0 Å². The Kier molecular flexibility index (Phi) is 6.92. The summed E-state index contributed by atoms with van der Waals surface area (Å²) in [4.78, 5) is 43.2. The lowest BCUT2D eigenvalue weighted by Gasteiger charge is -2.35. The first-order valence-electron chi connectivity index (χ1n) is 8.91. The van der Waals surface area contributed by atoms with E-state index in [-0.39, 0.29) is 12.6 Å². The first kappa shape index (κ1) is 20.9. The molecule has 2 N–H and O–H groups in total. The molecule has 0 radical (unpaired) electrons. The Balaban J connectivity index is 1.78. The van der Waals surface area contributed by atoms with Crippen LogP contribution in [0.1, 0.15) is 26.3 Å². The minimum Gasteiger partial charge on any atom is -0.459 e. The third-order valence-corrected chi connectivity index (χ3v) is 4.12. The van der Waals surface area contributed by atoms with Crippen molar-refractivity contribution in [2.75, 3.05) is 26.2 Å². The molecule has 0 aromatic heterocycles. The SMILES string of the molecule is CC(C)(C)C(=O)ON1CCN(C(=O)C(N)C(=O)OCc2ccccc2)CC1. The van der Waals surface area contributed by atoms with Crippen LogP contribution >= 0.6 is 0 Å². The van der Waals surface area contributed by atoms with Gasteiger partial charge in [0.15, 0.2) is 6.04 Å². The van der Waals surface area contributed by atoms with E-state index in [4.69, 9.17) is 15.3 Å². The second kappa shape index (κ2) is 8.96. The van der Waals surface area contributed by atoms with E-state index >= 15 is 0 Å². The van der Waals surface area contributed by atoms with Gasteiger partial charge in [-0.1, -0.05) is 30.3 Å². The maximum atomic E-state index is 12.4. The predicted octanol–water partition coefficient (Wildman–Crippen LogP) is 0.706. The molecule has 0 saturated carbocycles. The molecule has 0 spiro atoms. The molecule has 1 amide bonds. The standard InChI is InChI=1S/C19H27N3O5/c1-19(2,3)18(25)27-22-11-9-21(10-12-22)16(23)15(20)17(24)26-13-14-7-5-4-6-8-14/h4-8,15H,9-13,20H2,1-3H3. The van der Waals surface area contributed by atoms with Crippen molar-refractivity contribution < 1.29 is 24.0 Å². The number of ether oxygens (including phenoxy) is 1. The van der Waals surface area contributed by atoms with Crippen LogP contribution in [0.25, 0.3) is 0 Å². The lowest BCUT2D eigenvalue weighted by atomic mass is 9.98. The van der Waals surface area contributed by atoms with Gasteiger partial charge in [0.25, 0.3) is 5.91 Å². The van der Waals surface area contributed by atoms with Crippen LogP contribution in [0.2, 0.25) is 0 Å². The van der Waals surface area contributed by atoms with Gasteiger partial charge in [-0.15, -0.1) is 5.06 Å². The van der Waals surface area contributed by atoms with Crippen LogP contribution < -0.4 is 5.73 Å². The average molecular weight is 377 g/mol. The molecule has 1 saturated heterocycles. The zero-order valence-electron chi connectivity index (χ0n) is 16.0. The summed E-state index contributed by atoms with van der Waals surface area (Å²) in [5, 5.41) is 1.52. The summed E-state index contributed by atoms with van der Waals surface area (Å²) in [6, 6.07) is 7.80. The zero-order chi connectivity index (χ0) is 20.0. The molecule has 8 nitrogen and oxygen atoms in total. The number of benzene rings is 1. The molecule has 1 aliphatic heterocycles. The van der Waals surface area contributed by atoms with E-state index in [9.17, 15) is 14.4 Å². The van der Waals surface area contributed by atoms with Gasteiger partial charge in [-0.2, -0.15) is 0 Å². The first-order chi connectivity index (χ1) is 12.7. The van der Waals surface area contributed by atoms with Crippen molar-refractivity contribution in [3.8, 4) is 0 Å². The molecule has 1 aromatic carbocycles. The van der Waals surface area contributed by atoms with Crippen molar-refractivity contribution in [3.05, 3.63) is 35.9 Å². The van der Waals surface area contributed by atoms with Gasteiger partial charge in [0.1, 0.15) is 6.61 Å². The molecule has 27 heavy (non-hydrogen) atoms. The molecule has 1 atom stereocenters. The van der Waals surface area contributed by atoms with Gasteiger partial charge in [-0.05, 0) is 26.3 Å². The van der Waals surface area contributed by atoms with E-state index in [1.807, 2.05) is 30.3 Å². The number of rotatable bonds is 5. The number of piperazine rings is 1. The Bertz CT molecular complexity index is 664. The fraction of sp³-hybridized carbons (Fsp3) is 0.526. The molecule has 1 heterocycles. The van der Waals surface area contributed by atoms with Gasteiger partial charge in [-0.3, -0.25) is 4.79 Å². The Morgan fingerprint density at radius 3 is 2.22 bits per heavy atom. The number of hydrogen-bond acceptors (Lipinski definition) is 7. The highest BCUT2D eigenvalue weighted by Gasteiger charge is 2.33. The number of nitrogens with zero attached hydrogens (tertiary/aromatic N) is 2. The van der Waals surface area contributed by atoms with Crippen molar-refractivity contribution in [1.29, 1.82) is 0 Å². The molecular formula is C19H27N3O5. The lowest BCUT2D eigenvalue weighted by Crippen LogP contribution is -2.55. The summed E-state index contributed by atoms with van der Waals surface area (Å²) in [6.45, 7) is 6.74. The van der Waals surface area contributed by atoms with Crippen molar-refractivity contribution in [1.82, 2.24) is 9.96 Å². The summed E-state index contributed by atoms with van der Waals surface area (Å²) < 4.78 is 5.12. The minimum atomic E-state index is -1.36. The van der Waals surface area contributed by atoms with Crippen LogP contribution in [-0.2, 0) is 30.6 Å². The topological polar surface area (TPSA) is 102 Å². The van der Waals surface area contributed by atoms with E-state index in [0.29, 0.717) is 26.2 Å². The van der Waals surface area contributed by atoms with Crippen LogP contribution in [0.4, 0.5) is 0 Å². The van der Waals surface area contributed by atoms with E-state index in [0.717, 1.165) is 5.56 Å². The third-order valence-electron chi connectivity index (χ3n) is 4.12. The molecule has 0 bridgehead atoms. The molecule has 8 heteroatoms. The van der Waals surface area contributed by atoms with Crippen LogP contribution in [-0.4, -0.2) is 60.0 Å². The molecule has 0 aliphatic carbocycles. The maximum absolute atomic E-state index is 12.4. The third kappa shape index (κ3) is 6.04.